The van der Waals surface area contributed by atoms with Crippen LogP contribution in [0.15, 0.2) is 42.5 Å². The van der Waals surface area contributed by atoms with Crippen LogP contribution >= 0.6 is 11.6 Å². The second-order valence-corrected chi connectivity index (χ2v) is 6.07. The van der Waals surface area contributed by atoms with E-state index in [1.807, 2.05) is 25.2 Å². The number of halogens is 1. The van der Waals surface area contributed by atoms with Crippen molar-refractivity contribution >= 4 is 23.2 Å². The Kier molecular flexibility index (Phi) is 4.05. The standard InChI is InChI=1S/C17H17ClN2O2/c1-20-9-11-7-12(18)5-6-15(11)16(10-20)17(22)19-13-3-2-4-14(21)8-13/h2-8,16,21H,9-10H2,1H3,(H,19,22). The normalized spacial score (nSPS) is 17.8. The Morgan fingerprint density at radius 3 is 2.91 bits per heavy atom. The molecule has 2 aromatic rings. The first kappa shape index (κ1) is 14.9. The van der Waals surface area contributed by atoms with Crippen LogP contribution < -0.4 is 5.32 Å². The third kappa shape index (κ3) is 3.08. The number of aromatic hydroxyl groups is 1. The first-order valence-corrected chi connectivity index (χ1v) is 7.47. The lowest BCUT2D eigenvalue weighted by Crippen LogP contribution is -2.36. The maximum atomic E-state index is 12.6. The van der Waals surface area contributed by atoms with Crippen molar-refractivity contribution in [2.75, 3.05) is 18.9 Å². The average Bonchev–Trinajstić information content (AvgIpc) is 2.45. The summed E-state index contributed by atoms with van der Waals surface area (Å²) >= 11 is 6.05. The van der Waals surface area contributed by atoms with Crippen molar-refractivity contribution < 1.29 is 9.90 Å². The number of anilines is 1. The highest BCUT2D eigenvalue weighted by molar-refractivity contribution is 6.30. The maximum absolute atomic E-state index is 12.6. The maximum Gasteiger partial charge on any atom is 0.233 e. The number of carbonyl (C=O) groups is 1. The van der Waals surface area contributed by atoms with Crippen molar-refractivity contribution in [2.45, 2.75) is 12.5 Å². The molecule has 2 N–H and O–H groups in total. The fraction of sp³-hybridized carbons (Fsp3) is 0.235. The van der Waals surface area contributed by atoms with Gasteiger partial charge >= 0.3 is 0 Å². The highest BCUT2D eigenvalue weighted by atomic mass is 35.5. The molecule has 0 aromatic heterocycles. The molecule has 1 atom stereocenters. The van der Waals surface area contributed by atoms with Crippen molar-refractivity contribution in [3.8, 4) is 5.75 Å². The van der Waals surface area contributed by atoms with E-state index in [9.17, 15) is 9.90 Å². The van der Waals surface area contributed by atoms with Crippen LogP contribution in [0.2, 0.25) is 5.02 Å². The molecular weight excluding hydrogens is 300 g/mol. The van der Waals surface area contributed by atoms with E-state index in [1.165, 1.54) is 6.07 Å². The molecule has 0 bridgehead atoms. The molecule has 1 aliphatic rings. The predicted octanol–water partition coefficient (Wildman–Crippen LogP) is 3.21. The number of nitrogens with zero attached hydrogens (tertiary/aromatic N) is 1. The summed E-state index contributed by atoms with van der Waals surface area (Å²) < 4.78 is 0. The summed E-state index contributed by atoms with van der Waals surface area (Å²) in [5.74, 6) is -0.208. The van der Waals surface area contributed by atoms with E-state index in [0.29, 0.717) is 17.3 Å². The second-order valence-electron chi connectivity index (χ2n) is 5.63. The fourth-order valence-electron chi connectivity index (χ4n) is 2.85. The first-order chi connectivity index (χ1) is 10.5. The summed E-state index contributed by atoms with van der Waals surface area (Å²) in [4.78, 5) is 14.7. The van der Waals surface area contributed by atoms with Gasteiger partial charge in [-0.2, -0.15) is 0 Å². The Bertz CT molecular complexity index is 718. The van der Waals surface area contributed by atoms with E-state index >= 15 is 0 Å². The van der Waals surface area contributed by atoms with Crippen LogP contribution in [0.5, 0.6) is 5.75 Å². The molecular formula is C17H17ClN2O2. The number of rotatable bonds is 2. The molecule has 0 spiro atoms. The molecule has 0 saturated heterocycles. The fourth-order valence-corrected chi connectivity index (χ4v) is 3.05. The summed E-state index contributed by atoms with van der Waals surface area (Å²) in [6, 6.07) is 12.2. The molecule has 1 unspecified atom stereocenters. The summed E-state index contributed by atoms with van der Waals surface area (Å²) in [5, 5.41) is 13.0. The summed E-state index contributed by atoms with van der Waals surface area (Å²) in [6.45, 7) is 1.44. The first-order valence-electron chi connectivity index (χ1n) is 7.09. The lowest BCUT2D eigenvalue weighted by Gasteiger charge is -2.31. The molecule has 5 heteroatoms. The second kappa shape index (κ2) is 5.99. The van der Waals surface area contributed by atoms with Gasteiger partial charge in [0.05, 0.1) is 5.92 Å². The largest absolute Gasteiger partial charge is 0.508 e. The molecule has 3 rings (SSSR count). The number of phenolic OH excluding ortho intramolecular Hbond substituents is 1. The number of nitrogens with one attached hydrogen (secondary N) is 1. The molecule has 0 radical (unpaired) electrons. The quantitative estimate of drug-likeness (QED) is 0.894. The lowest BCUT2D eigenvalue weighted by atomic mass is 9.89. The van der Waals surface area contributed by atoms with E-state index in [2.05, 4.69) is 10.2 Å². The zero-order valence-electron chi connectivity index (χ0n) is 12.2. The predicted molar refractivity (Wildman–Crippen MR) is 87.3 cm³/mol. The lowest BCUT2D eigenvalue weighted by molar-refractivity contribution is -0.118. The van der Waals surface area contributed by atoms with Gasteiger partial charge in [-0.3, -0.25) is 4.79 Å². The van der Waals surface area contributed by atoms with Gasteiger partial charge in [-0.05, 0) is 42.4 Å². The van der Waals surface area contributed by atoms with Gasteiger partial charge in [-0.15, -0.1) is 0 Å². The monoisotopic (exact) mass is 316 g/mol. The van der Waals surface area contributed by atoms with Crippen LogP contribution in [-0.4, -0.2) is 29.5 Å². The smallest absolute Gasteiger partial charge is 0.233 e. The minimum Gasteiger partial charge on any atom is -0.508 e. The molecule has 0 aliphatic carbocycles. The highest BCUT2D eigenvalue weighted by Gasteiger charge is 2.29. The number of hydrogen-bond acceptors (Lipinski definition) is 3. The van der Waals surface area contributed by atoms with Crippen LogP contribution in [0.1, 0.15) is 17.0 Å². The molecule has 22 heavy (non-hydrogen) atoms. The number of fused-ring (bicyclic) bond motifs is 1. The zero-order chi connectivity index (χ0) is 15.7. The summed E-state index contributed by atoms with van der Waals surface area (Å²) in [7, 11) is 1.98. The van der Waals surface area contributed by atoms with Gasteiger partial charge in [0.2, 0.25) is 5.91 Å². The Morgan fingerprint density at radius 2 is 2.14 bits per heavy atom. The summed E-state index contributed by atoms with van der Waals surface area (Å²) in [5.41, 5.74) is 2.69. The minimum atomic E-state index is -0.256. The van der Waals surface area contributed by atoms with E-state index in [-0.39, 0.29) is 17.6 Å². The van der Waals surface area contributed by atoms with E-state index in [0.717, 1.165) is 17.7 Å². The van der Waals surface area contributed by atoms with Crippen LogP contribution in [-0.2, 0) is 11.3 Å². The third-order valence-corrected chi connectivity index (χ3v) is 4.08. The van der Waals surface area contributed by atoms with Gasteiger partial charge in [0.1, 0.15) is 5.75 Å². The van der Waals surface area contributed by atoms with E-state index < -0.39 is 0 Å². The molecule has 1 amide bonds. The number of phenols is 1. The van der Waals surface area contributed by atoms with E-state index in [4.69, 9.17) is 11.6 Å². The Labute approximate surface area is 134 Å². The molecule has 114 valence electrons. The topological polar surface area (TPSA) is 52.6 Å². The number of carbonyl (C=O) groups excluding carboxylic acids is 1. The highest BCUT2D eigenvalue weighted by Crippen LogP contribution is 2.31. The SMILES string of the molecule is CN1Cc2cc(Cl)ccc2C(C(=O)Nc2cccc(O)c2)C1. The minimum absolute atomic E-state index is 0.0827. The molecule has 1 aliphatic heterocycles. The van der Waals surface area contributed by atoms with Crippen molar-refractivity contribution in [3.05, 3.63) is 58.6 Å². The van der Waals surface area contributed by atoms with Gasteiger partial charge in [0.15, 0.2) is 0 Å². The van der Waals surface area contributed by atoms with Gasteiger partial charge in [0.25, 0.3) is 0 Å². The number of amides is 1. The van der Waals surface area contributed by atoms with Crippen molar-refractivity contribution in [1.82, 2.24) is 4.90 Å². The Hall–Kier alpha value is -2.04. The number of hydrogen-bond donors (Lipinski definition) is 2. The van der Waals surface area contributed by atoms with Gasteiger partial charge in [0, 0.05) is 29.9 Å². The van der Waals surface area contributed by atoms with Gasteiger partial charge in [-0.1, -0.05) is 23.7 Å². The molecule has 0 fully saturated rings. The Morgan fingerprint density at radius 1 is 1.32 bits per heavy atom. The number of likely N-dealkylation sites (N-methyl/N-ethyl adjacent to an activating group) is 1. The van der Waals surface area contributed by atoms with Crippen LogP contribution in [0, 0.1) is 0 Å². The van der Waals surface area contributed by atoms with Crippen molar-refractivity contribution in [2.24, 2.45) is 0 Å². The zero-order valence-corrected chi connectivity index (χ0v) is 13.0. The molecule has 1 heterocycles. The van der Waals surface area contributed by atoms with Gasteiger partial charge < -0.3 is 15.3 Å². The average molecular weight is 317 g/mol. The van der Waals surface area contributed by atoms with Gasteiger partial charge in [-0.25, -0.2) is 0 Å². The van der Waals surface area contributed by atoms with Crippen LogP contribution in [0.25, 0.3) is 0 Å². The third-order valence-electron chi connectivity index (χ3n) is 3.85. The summed E-state index contributed by atoms with van der Waals surface area (Å²) in [6.07, 6.45) is 0. The molecule has 4 nitrogen and oxygen atoms in total. The Balaban J connectivity index is 1.87. The van der Waals surface area contributed by atoms with Crippen molar-refractivity contribution in [3.63, 3.8) is 0 Å². The van der Waals surface area contributed by atoms with Crippen LogP contribution in [0.4, 0.5) is 5.69 Å². The number of benzene rings is 2. The van der Waals surface area contributed by atoms with E-state index in [1.54, 1.807) is 18.2 Å². The molecule has 2 aromatic carbocycles. The van der Waals surface area contributed by atoms with Crippen LogP contribution in [0.3, 0.4) is 0 Å². The van der Waals surface area contributed by atoms with Crippen molar-refractivity contribution in [1.29, 1.82) is 0 Å². The molecule has 0 saturated carbocycles.